The van der Waals surface area contributed by atoms with E-state index in [1.165, 1.54) is 0 Å². The van der Waals surface area contributed by atoms with E-state index in [-0.39, 0.29) is 24.6 Å². The summed E-state index contributed by atoms with van der Waals surface area (Å²) in [7, 11) is 0. The average Bonchev–Trinajstić information content (AvgIpc) is 2.63. The topological polar surface area (TPSA) is 67.9 Å². The Morgan fingerprint density at radius 3 is 2.41 bits per heavy atom. The SMILES string of the molecule is Cc1ccc(C)c(OCC(=O)NC2CCN(C(=O)OCC(C)C)CC2)c1C. The van der Waals surface area contributed by atoms with Crippen molar-refractivity contribution in [2.45, 2.75) is 53.5 Å². The van der Waals surface area contributed by atoms with Gasteiger partial charge in [-0.15, -0.1) is 0 Å². The summed E-state index contributed by atoms with van der Waals surface area (Å²) >= 11 is 0. The van der Waals surface area contributed by atoms with E-state index in [4.69, 9.17) is 9.47 Å². The zero-order valence-corrected chi connectivity index (χ0v) is 17.1. The molecule has 0 saturated carbocycles. The Bertz CT molecular complexity index is 664. The summed E-state index contributed by atoms with van der Waals surface area (Å²) in [6.07, 6.45) is 1.19. The van der Waals surface area contributed by atoms with Gasteiger partial charge in [0.15, 0.2) is 6.61 Å². The minimum atomic E-state index is -0.262. The van der Waals surface area contributed by atoms with Gasteiger partial charge in [0.25, 0.3) is 5.91 Å². The van der Waals surface area contributed by atoms with E-state index in [1.807, 2.05) is 40.7 Å². The van der Waals surface area contributed by atoms with E-state index in [0.717, 1.165) is 35.3 Å². The average molecular weight is 376 g/mol. The molecule has 0 aromatic heterocycles. The van der Waals surface area contributed by atoms with Crippen molar-refractivity contribution >= 4 is 12.0 Å². The highest BCUT2D eigenvalue weighted by atomic mass is 16.6. The van der Waals surface area contributed by atoms with Crippen molar-refractivity contribution in [2.24, 2.45) is 5.92 Å². The number of ether oxygens (including phenoxy) is 2. The van der Waals surface area contributed by atoms with Crippen LogP contribution in [0.15, 0.2) is 12.1 Å². The van der Waals surface area contributed by atoms with Crippen molar-refractivity contribution in [3.05, 3.63) is 28.8 Å². The van der Waals surface area contributed by atoms with Crippen LogP contribution in [0, 0.1) is 26.7 Å². The second kappa shape index (κ2) is 9.62. The molecule has 6 nitrogen and oxygen atoms in total. The summed E-state index contributed by atoms with van der Waals surface area (Å²) in [5.74, 6) is 0.982. The van der Waals surface area contributed by atoms with Crippen LogP contribution in [0.25, 0.3) is 0 Å². The van der Waals surface area contributed by atoms with Crippen molar-refractivity contribution in [1.82, 2.24) is 10.2 Å². The van der Waals surface area contributed by atoms with Crippen molar-refractivity contribution in [1.29, 1.82) is 0 Å². The van der Waals surface area contributed by atoms with E-state index in [2.05, 4.69) is 11.4 Å². The summed E-state index contributed by atoms with van der Waals surface area (Å²) in [4.78, 5) is 25.9. The van der Waals surface area contributed by atoms with Gasteiger partial charge in [-0.2, -0.15) is 0 Å². The van der Waals surface area contributed by atoms with Gasteiger partial charge in [0, 0.05) is 19.1 Å². The lowest BCUT2D eigenvalue weighted by atomic mass is 10.1. The van der Waals surface area contributed by atoms with Crippen LogP contribution in [0.3, 0.4) is 0 Å². The summed E-state index contributed by atoms with van der Waals surface area (Å²) in [5.41, 5.74) is 3.24. The molecule has 1 fully saturated rings. The van der Waals surface area contributed by atoms with Crippen LogP contribution in [-0.4, -0.2) is 49.2 Å². The lowest BCUT2D eigenvalue weighted by Gasteiger charge is -2.31. The molecule has 1 aliphatic rings. The zero-order chi connectivity index (χ0) is 20.0. The monoisotopic (exact) mass is 376 g/mol. The Morgan fingerprint density at radius 2 is 1.78 bits per heavy atom. The van der Waals surface area contributed by atoms with Crippen molar-refractivity contribution in [2.75, 3.05) is 26.3 Å². The first-order valence-electron chi connectivity index (χ1n) is 9.68. The van der Waals surface area contributed by atoms with Crippen LogP contribution in [0.5, 0.6) is 5.75 Å². The predicted octanol–water partition coefficient (Wildman–Crippen LogP) is 3.36. The van der Waals surface area contributed by atoms with Gasteiger partial charge in [0.1, 0.15) is 5.75 Å². The van der Waals surface area contributed by atoms with Gasteiger partial charge in [-0.3, -0.25) is 4.79 Å². The van der Waals surface area contributed by atoms with E-state index in [1.54, 1.807) is 4.90 Å². The molecule has 1 aromatic rings. The van der Waals surface area contributed by atoms with Crippen molar-refractivity contribution in [3.63, 3.8) is 0 Å². The second-order valence-electron chi connectivity index (χ2n) is 7.74. The highest BCUT2D eigenvalue weighted by Gasteiger charge is 2.25. The third-order valence-corrected chi connectivity index (χ3v) is 4.88. The molecule has 6 heteroatoms. The number of nitrogens with zero attached hydrogens (tertiary/aromatic N) is 1. The maximum absolute atomic E-state index is 12.2. The van der Waals surface area contributed by atoms with Gasteiger partial charge < -0.3 is 19.7 Å². The van der Waals surface area contributed by atoms with Gasteiger partial charge in [-0.1, -0.05) is 26.0 Å². The van der Waals surface area contributed by atoms with Crippen molar-refractivity contribution in [3.8, 4) is 5.75 Å². The Balaban J connectivity index is 1.75. The van der Waals surface area contributed by atoms with Gasteiger partial charge >= 0.3 is 6.09 Å². The van der Waals surface area contributed by atoms with E-state index >= 15 is 0 Å². The molecule has 1 saturated heterocycles. The number of carbonyl (C=O) groups excluding carboxylic acids is 2. The Morgan fingerprint density at radius 1 is 1.15 bits per heavy atom. The van der Waals surface area contributed by atoms with Crippen LogP contribution in [0.1, 0.15) is 43.4 Å². The molecule has 1 aromatic carbocycles. The molecule has 0 aliphatic carbocycles. The number of nitrogens with one attached hydrogen (secondary N) is 1. The number of hydrogen-bond acceptors (Lipinski definition) is 4. The molecular weight excluding hydrogens is 344 g/mol. The highest BCUT2D eigenvalue weighted by molar-refractivity contribution is 5.78. The molecule has 0 bridgehead atoms. The van der Waals surface area contributed by atoms with E-state index in [0.29, 0.717) is 25.6 Å². The third-order valence-electron chi connectivity index (χ3n) is 4.88. The molecular formula is C21H32N2O4. The lowest BCUT2D eigenvalue weighted by Crippen LogP contribution is -2.47. The summed E-state index contributed by atoms with van der Waals surface area (Å²) in [6.45, 7) is 11.7. The predicted molar refractivity (Wildman–Crippen MR) is 105 cm³/mol. The summed E-state index contributed by atoms with van der Waals surface area (Å²) < 4.78 is 11.0. The molecule has 1 aliphatic heterocycles. The molecule has 150 valence electrons. The number of likely N-dealkylation sites (tertiary alicyclic amines) is 1. The normalized spacial score (nSPS) is 15.0. The number of benzene rings is 1. The van der Waals surface area contributed by atoms with E-state index in [9.17, 15) is 9.59 Å². The minimum absolute atomic E-state index is 0.00176. The number of aryl methyl sites for hydroxylation is 2. The number of carbonyl (C=O) groups is 2. The molecule has 27 heavy (non-hydrogen) atoms. The van der Waals surface area contributed by atoms with Crippen LogP contribution >= 0.6 is 0 Å². The first-order chi connectivity index (χ1) is 12.8. The molecule has 0 unspecified atom stereocenters. The standard InChI is InChI=1S/C21H32N2O4/c1-14(2)12-27-21(25)23-10-8-18(9-11-23)22-19(24)13-26-20-16(4)7-6-15(3)17(20)5/h6-7,14,18H,8-13H2,1-5H3,(H,22,24). The number of amides is 2. The quantitative estimate of drug-likeness (QED) is 0.827. The minimum Gasteiger partial charge on any atom is -0.483 e. The first-order valence-corrected chi connectivity index (χ1v) is 9.68. The van der Waals surface area contributed by atoms with Crippen LogP contribution in [0.2, 0.25) is 0 Å². The molecule has 2 amide bonds. The fourth-order valence-electron chi connectivity index (χ4n) is 3.09. The lowest BCUT2D eigenvalue weighted by molar-refractivity contribution is -0.124. The fourth-order valence-corrected chi connectivity index (χ4v) is 3.09. The molecule has 0 atom stereocenters. The van der Waals surface area contributed by atoms with Gasteiger partial charge in [0.05, 0.1) is 6.61 Å². The molecule has 0 spiro atoms. The largest absolute Gasteiger partial charge is 0.483 e. The number of hydrogen-bond donors (Lipinski definition) is 1. The second-order valence-corrected chi connectivity index (χ2v) is 7.74. The third kappa shape index (κ3) is 6.15. The van der Waals surface area contributed by atoms with Gasteiger partial charge in [-0.25, -0.2) is 4.79 Å². The summed E-state index contributed by atoms with van der Waals surface area (Å²) in [6, 6.07) is 4.12. The molecule has 1 N–H and O–H groups in total. The zero-order valence-electron chi connectivity index (χ0n) is 17.1. The first kappa shape index (κ1) is 21.1. The van der Waals surface area contributed by atoms with Crippen molar-refractivity contribution < 1.29 is 19.1 Å². The summed E-state index contributed by atoms with van der Waals surface area (Å²) in [5, 5.41) is 3.01. The van der Waals surface area contributed by atoms with Crippen LogP contribution in [-0.2, 0) is 9.53 Å². The number of rotatable bonds is 6. The van der Waals surface area contributed by atoms with Gasteiger partial charge in [-0.05, 0) is 56.2 Å². The number of piperidine rings is 1. The Hall–Kier alpha value is -2.24. The smallest absolute Gasteiger partial charge is 0.409 e. The maximum Gasteiger partial charge on any atom is 0.409 e. The van der Waals surface area contributed by atoms with Gasteiger partial charge in [0.2, 0.25) is 0 Å². The van der Waals surface area contributed by atoms with Crippen LogP contribution in [0.4, 0.5) is 4.79 Å². The Kier molecular flexibility index (Phi) is 7.51. The molecule has 0 radical (unpaired) electrons. The Labute approximate surface area is 162 Å². The van der Waals surface area contributed by atoms with E-state index < -0.39 is 0 Å². The molecule has 1 heterocycles. The molecule has 2 rings (SSSR count). The fraction of sp³-hybridized carbons (Fsp3) is 0.619. The van der Waals surface area contributed by atoms with Crippen LogP contribution < -0.4 is 10.1 Å². The maximum atomic E-state index is 12.2. The highest BCUT2D eigenvalue weighted by Crippen LogP contribution is 2.25.